The van der Waals surface area contributed by atoms with Gasteiger partial charge in [-0.25, -0.2) is 14.4 Å². The van der Waals surface area contributed by atoms with Gasteiger partial charge in [0.05, 0.1) is 22.5 Å². The zero-order chi connectivity index (χ0) is 18.1. The second kappa shape index (κ2) is 7.73. The van der Waals surface area contributed by atoms with E-state index in [2.05, 4.69) is 15.3 Å². The van der Waals surface area contributed by atoms with Crippen LogP contribution in [0.4, 0.5) is 10.2 Å². The van der Waals surface area contributed by atoms with Crippen LogP contribution in [0.25, 0.3) is 16.9 Å². The number of halogens is 3. The molecular formula is C19H13Cl2FN4O. The van der Waals surface area contributed by atoms with Crippen LogP contribution in [-0.2, 0) is 0 Å². The van der Waals surface area contributed by atoms with E-state index in [-0.39, 0.29) is 18.0 Å². The maximum absolute atomic E-state index is 14.5. The zero-order valence-corrected chi connectivity index (χ0v) is 15.3. The van der Waals surface area contributed by atoms with Gasteiger partial charge in [0.25, 0.3) is 5.91 Å². The van der Waals surface area contributed by atoms with Crippen molar-refractivity contribution in [1.82, 2.24) is 14.4 Å². The third kappa shape index (κ3) is 3.77. The second-order valence-electron chi connectivity index (χ2n) is 5.58. The summed E-state index contributed by atoms with van der Waals surface area (Å²) in [4.78, 5) is 20.5. The summed E-state index contributed by atoms with van der Waals surface area (Å²) in [7, 11) is 0. The van der Waals surface area contributed by atoms with Crippen LogP contribution in [0.2, 0.25) is 5.02 Å². The van der Waals surface area contributed by atoms with Crippen LogP contribution < -0.4 is 5.32 Å². The number of carbonyl (C=O) groups excluding carboxylic acids is 1. The Balaban J connectivity index is 0.00000210. The van der Waals surface area contributed by atoms with Gasteiger partial charge >= 0.3 is 0 Å². The predicted octanol–water partition coefficient (Wildman–Crippen LogP) is 4.86. The average molecular weight is 403 g/mol. The molecule has 136 valence electrons. The lowest BCUT2D eigenvalue weighted by molar-refractivity contribution is 0.102. The van der Waals surface area contributed by atoms with Gasteiger partial charge in [-0.3, -0.25) is 9.20 Å². The number of imidazole rings is 1. The average Bonchev–Trinajstić information content (AvgIpc) is 3.07. The number of aromatic nitrogens is 3. The van der Waals surface area contributed by atoms with Crippen LogP contribution in [0.3, 0.4) is 0 Å². The van der Waals surface area contributed by atoms with Crippen molar-refractivity contribution in [3.63, 3.8) is 0 Å². The maximum Gasteiger partial charge on any atom is 0.259 e. The number of carbonyl (C=O) groups is 1. The summed E-state index contributed by atoms with van der Waals surface area (Å²) in [5.41, 5.74) is 2.06. The van der Waals surface area contributed by atoms with E-state index in [0.717, 1.165) is 11.3 Å². The van der Waals surface area contributed by atoms with Gasteiger partial charge in [0.2, 0.25) is 0 Å². The summed E-state index contributed by atoms with van der Waals surface area (Å²) >= 11 is 5.76. The molecule has 0 saturated heterocycles. The molecule has 8 heteroatoms. The standard InChI is InChI=1S/C19H12ClFN4O.ClH/c20-13-5-7-17(22-10-13)24-19(26)14-6-4-12(9-15(14)21)16-11-23-18-3-1-2-8-25(16)18;/h1-11H,(H,22,24,26);1H. The highest BCUT2D eigenvalue weighted by atomic mass is 35.5. The SMILES string of the molecule is Cl.O=C(Nc1ccc(Cl)cn1)c1ccc(-c2cnc3ccccn23)cc1F. The predicted molar refractivity (Wildman–Crippen MR) is 105 cm³/mol. The van der Waals surface area contributed by atoms with Crippen molar-refractivity contribution < 1.29 is 9.18 Å². The molecule has 0 bridgehead atoms. The fourth-order valence-electron chi connectivity index (χ4n) is 2.64. The lowest BCUT2D eigenvalue weighted by Gasteiger charge is -2.07. The normalized spacial score (nSPS) is 10.4. The van der Waals surface area contributed by atoms with E-state index in [1.54, 1.807) is 24.4 Å². The molecule has 3 heterocycles. The van der Waals surface area contributed by atoms with Crippen LogP contribution in [-0.4, -0.2) is 20.3 Å². The van der Waals surface area contributed by atoms with Gasteiger partial charge in [0, 0.05) is 18.0 Å². The Hall–Kier alpha value is -2.96. The summed E-state index contributed by atoms with van der Waals surface area (Å²) < 4.78 is 16.4. The van der Waals surface area contributed by atoms with Crippen LogP contribution in [0.15, 0.2) is 67.1 Å². The Morgan fingerprint density at radius 2 is 1.93 bits per heavy atom. The zero-order valence-electron chi connectivity index (χ0n) is 13.8. The van der Waals surface area contributed by atoms with Crippen LogP contribution >= 0.6 is 24.0 Å². The molecule has 0 saturated carbocycles. The largest absolute Gasteiger partial charge is 0.306 e. The molecule has 1 N–H and O–H groups in total. The number of rotatable bonds is 3. The Bertz CT molecular complexity index is 1110. The van der Waals surface area contributed by atoms with Crippen molar-refractivity contribution in [1.29, 1.82) is 0 Å². The van der Waals surface area contributed by atoms with Crippen molar-refractivity contribution in [2.24, 2.45) is 0 Å². The molecule has 27 heavy (non-hydrogen) atoms. The Kier molecular flexibility index (Phi) is 5.39. The number of hydrogen-bond donors (Lipinski definition) is 1. The minimum atomic E-state index is -0.625. The van der Waals surface area contributed by atoms with Crippen molar-refractivity contribution in [2.45, 2.75) is 0 Å². The van der Waals surface area contributed by atoms with Gasteiger partial charge in [-0.05, 0) is 36.4 Å². The van der Waals surface area contributed by atoms with Crippen molar-refractivity contribution >= 4 is 41.4 Å². The number of pyridine rings is 2. The molecule has 0 radical (unpaired) electrons. The molecule has 0 aliphatic rings. The molecule has 0 spiro atoms. The summed E-state index contributed by atoms with van der Waals surface area (Å²) in [5.74, 6) is -0.911. The molecule has 0 fully saturated rings. The van der Waals surface area contributed by atoms with E-state index in [0.29, 0.717) is 16.4 Å². The van der Waals surface area contributed by atoms with Gasteiger partial charge in [-0.15, -0.1) is 12.4 Å². The molecule has 4 rings (SSSR count). The summed E-state index contributed by atoms with van der Waals surface area (Å²) in [6, 6.07) is 13.2. The maximum atomic E-state index is 14.5. The molecule has 4 aromatic rings. The Morgan fingerprint density at radius 3 is 2.67 bits per heavy atom. The first-order valence-electron chi connectivity index (χ1n) is 7.77. The molecule has 1 amide bonds. The molecule has 0 unspecified atom stereocenters. The summed E-state index contributed by atoms with van der Waals surface area (Å²) in [6.45, 7) is 0. The molecule has 0 atom stereocenters. The first kappa shape index (κ1) is 18.8. The quantitative estimate of drug-likeness (QED) is 0.531. The van der Waals surface area contributed by atoms with E-state index >= 15 is 0 Å². The molecule has 0 aliphatic heterocycles. The topological polar surface area (TPSA) is 59.3 Å². The number of anilines is 1. The van der Waals surface area contributed by atoms with Gasteiger partial charge < -0.3 is 5.32 Å². The number of nitrogens with one attached hydrogen (secondary N) is 1. The van der Waals surface area contributed by atoms with Crippen LogP contribution in [0, 0.1) is 5.82 Å². The Labute approximate surface area is 165 Å². The van der Waals surface area contributed by atoms with E-state index in [4.69, 9.17) is 11.6 Å². The third-order valence-electron chi connectivity index (χ3n) is 3.90. The van der Waals surface area contributed by atoms with Crippen LogP contribution in [0.1, 0.15) is 10.4 Å². The Morgan fingerprint density at radius 1 is 1.07 bits per heavy atom. The van der Waals surface area contributed by atoms with E-state index in [1.807, 2.05) is 28.8 Å². The van der Waals surface area contributed by atoms with E-state index in [1.165, 1.54) is 18.3 Å². The summed E-state index contributed by atoms with van der Waals surface area (Å²) in [6.07, 6.45) is 4.92. The molecule has 3 aromatic heterocycles. The van der Waals surface area contributed by atoms with Gasteiger partial charge in [0.15, 0.2) is 0 Å². The van der Waals surface area contributed by atoms with Crippen molar-refractivity contribution in [3.05, 3.63) is 83.5 Å². The lowest BCUT2D eigenvalue weighted by atomic mass is 10.1. The van der Waals surface area contributed by atoms with Crippen LogP contribution in [0.5, 0.6) is 0 Å². The first-order valence-corrected chi connectivity index (χ1v) is 8.14. The highest BCUT2D eigenvalue weighted by Crippen LogP contribution is 2.23. The second-order valence-corrected chi connectivity index (χ2v) is 6.02. The molecule has 0 aliphatic carbocycles. The first-order chi connectivity index (χ1) is 12.6. The minimum absolute atomic E-state index is 0. The fraction of sp³-hybridized carbons (Fsp3) is 0. The number of hydrogen-bond acceptors (Lipinski definition) is 3. The number of nitrogens with zero attached hydrogens (tertiary/aromatic N) is 3. The number of benzene rings is 1. The van der Waals surface area contributed by atoms with E-state index < -0.39 is 11.7 Å². The molecule has 5 nitrogen and oxygen atoms in total. The van der Waals surface area contributed by atoms with Crippen molar-refractivity contribution in [3.8, 4) is 11.3 Å². The van der Waals surface area contributed by atoms with Gasteiger partial charge in [-0.1, -0.05) is 23.7 Å². The fourth-order valence-corrected chi connectivity index (χ4v) is 2.75. The number of amides is 1. The number of fused-ring (bicyclic) bond motifs is 1. The van der Waals surface area contributed by atoms with Crippen molar-refractivity contribution in [2.75, 3.05) is 5.32 Å². The van der Waals surface area contributed by atoms with Gasteiger partial charge in [-0.2, -0.15) is 0 Å². The molecular weight excluding hydrogens is 390 g/mol. The highest BCUT2D eigenvalue weighted by Gasteiger charge is 2.15. The summed E-state index contributed by atoms with van der Waals surface area (Å²) in [5, 5.41) is 2.99. The minimum Gasteiger partial charge on any atom is -0.306 e. The third-order valence-corrected chi connectivity index (χ3v) is 4.12. The monoisotopic (exact) mass is 402 g/mol. The lowest BCUT2D eigenvalue weighted by Crippen LogP contribution is -2.14. The van der Waals surface area contributed by atoms with E-state index in [9.17, 15) is 9.18 Å². The highest BCUT2D eigenvalue weighted by molar-refractivity contribution is 6.30. The van der Waals surface area contributed by atoms with Gasteiger partial charge in [0.1, 0.15) is 17.3 Å². The smallest absolute Gasteiger partial charge is 0.259 e. The molecule has 1 aromatic carbocycles.